The lowest BCUT2D eigenvalue weighted by molar-refractivity contribution is -0.923. The zero-order chi connectivity index (χ0) is 21.5. The summed E-state index contributed by atoms with van der Waals surface area (Å²) in [6.45, 7) is 14.5. The number of nitrogens with one attached hydrogen (secondary N) is 1. The molecule has 0 radical (unpaired) electrons. The van der Waals surface area contributed by atoms with Crippen molar-refractivity contribution in [3.05, 3.63) is 29.8 Å². The molecule has 0 saturated heterocycles. The Morgan fingerprint density at radius 3 is 2.17 bits per heavy atom. The molecule has 0 aliphatic heterocycles. The first-order valence-corrected chi connectivity index (χ1v) is 11.0. The third-order valence-electron chi connectivity index (χ3n) is 5.61. The highest BCUT2D eigenvalue weighted by Gasteiger charge is 2.20. The van der Waals surface area contributed by atoms with Crippen molar-refractivity contribution in [1.29, 1.82) is 0 Å². The van der Waals surface area contributed by atoms with Crippen molar-refractivity contribution < 1.29 is 23.5 Å². The predicted molar refractivity (Wildman–Crippen MR) is 116 cm³/mol. The molecule has 0 bridgehead atoms. The van der Waals surface area contributed by atoms with E-state index in [0.717, 1.165) is 55.7 Å². The van der Waals surface area contributed by atoms with Gasteiger partial charge < -0.3 is 19.3 Å². The van der Waals surface area contributed by atoms with Gasteiger partial charge in [-0.2, -0.15) is 0 Å². The third kappa shape index (κ3) is 9.31. The molecule has 0 aliphatic rings. The first kappa shape index (κ1) is 25.0. The Bertz CT molecular complexity index is 589. The molecular formula is C23H39N2O4+. The van der Waals surface area contributed by atoms with Gasteiger partial charge in [0.25, 0.3) is 5.91 Å². The molecule has 0 spiro atoms. The van der Waals surface area contributed by atoms with Gasteiger partial charge in [0.05, 0.1) is 26.2 Å². The number of unbranched alkanes of at least 4 members (excludes halogenated alkanes) is 2. The summed E-state index contributed by atoms with van der Waals surface area (Å²) in [5.74, 6) is 0.560. The quantitative estimate of drug-likeness (QED) is 0.273. The monoisotopic (exact) mass is 407 g/mol. The second-order valence-electron chi connectivity index (χ2n) is 7.26. The maximum absolute atomic E-state index is 12.2. The van der Waals surface area contributed by atoms with E-state index in [2.05, 4.69) is 26.1 Å². The number of carbonyl (C=O) groups excluding carboxylic acids is 2. The van der Waals surface area contributed by atoms with E-state index >= 15 is 0 Å². The summed E-state index contributed by atoms with van der Waals surface area (Å²) in [6.07, 6.45) is 2.96. The van der Waals surface area contributed by atoms with Crippen molar-refractivity contribution in [2.45, 2.75) is 53.4 Å². The molecule has 0 atom stereocenters. The highest BCUT2D eigenvalue weighted by molar-refractivity contribution is 5.94. The number of nitrogens with zero attached hydrogens (tertiary/aromatic N) is 1. The predicted octanol–water partition coefficient (Wildman–Crippen LogP) is 3.80. The van der Waals surface area contributed by atoms with Gasteiger partial charge in [0.1, 0.15) is 18.9 Å². The summed E-state index contributed by atoms with van der Waals surface area (Å²) in [7, 11) is 0. The highest BCUT2D eigenvalue weighted by atomic mass is 16.5. The van der Waals surface area contributed by atoms with E-state index < -0.39 is 0 Å². The molecule has 29 heavy (non-hydrogen) atoms. The second kappa shape index (κ2) is 14.0. The van der Waals surface area contributed by atoms with Crippen molar-refractivity contribution in [3.8, 4) is 5.75 Å². The van der Waals surface area contributed by atoms with Crippen LogP contribution in [0.4, 0.5) is 0 Å². The minimum absolute atomic E-state index is 0.0828. The van der Waals surface area contributed by atoms with E-state index in [-0.39, 0.29) is 11.9 Å². The van der Waals surface area contributed by atoms with E-state index in [1.54, 1.807) is 19.1 Å². The minimum Gasteiger partial charge on any atom is -0.488 e. The number of hydrogen-bond acceptors (Lipinski definition) is 4. The first-order chi connectivity index (χ1) is 14.0. The Kier molecular flexibility index (Phi) is 12.0. The molecule has 0 aromatic heterocycles. The lowest BCUT2D eigenvalue weighted by atomic mass is 10.2. The molecule has 1 aromatic carbocycles. The van der Waals surface area contributed by atoms with Gasteiger partial charge in [0.15, 0.2) is 0 Å². The number of carbonyl (C=O) groups is 2. The van der Waals surface area contributed by atoms with E-state index in [4.69, 9.17) is 9.47 Å². The summed E-state index contributed by atoms with van der Waals surface area (Å²) >= 11 is 0. The lowest BCUT2D eigenvalue weighted by Gasteiger charge is -2.35. The summed E-state index contributed by atoms with van der Waals surface area (Å²) < 4.78 is 11.8. The molecule has 0 fully saturated rings. The van der Waals surface area contributed by atoms with Gasteiger partial charge in [-0.25, -0.2) is 0 Å². The number of benzene rings is 1. The Labute approximate surface area is 176 Å². The molecule has 1 amide bonds. The summed E-state index contributed by atoms with van der Waals surface area (Å²) in [6, 6.07) is 7.31. The molecule has 0 unspecified atom stereocenters. The van der Waals surface area contributed by atoms with Crippen LogP contribution in [0.5, 0.6) is 5.75 Å². The average molecular weight is 408 g/mol. The van der Waals surface area contributed by atoms with E-state index in [1.807, 2.05) is 12.1 Å². The first-order valence-electron chi connectivity index (χ1n) is 11.0. The topological polar surface area (TPSA) is 64.6 Å². The van der Waals surface area contributed by atoms with Crippen molar-refractivity contribution in [1.82, 2.24) is 5.32 Å². The van der Waals surface area contributed by atoms with Crippen LogP contribution in [0, 0.1) is 0 Å². The molecule has 6 nitrogen and oxygen atoms in total. The zero-order valence-corrected chi connectivity index (χ0v) is 18.7. The number of quaternary nitrogens is 1. The van der Waals surface area contributed by atoms with Crippen LogP contribution in [-0.4, -0.2) is 62.3 Å². The van der Waals surface area contributed by atoms with Crippen LogP contribution in [0.1, 0.15) is 63.7 Å². The fourth-order valence-electron chi connectivity index (χ4n) is 3.31. The van der Waals surface area contributed by atoms with Crippen LogP contribution in [0.2, 0.25) is 0 Å². The van der Waals surface area contributed by atoms with E-state index in [9.17, 15) is 9.59 Å². The van der Waals surface area contributed by atoms with Crippen LogP contribution < -0.4 is 10.1 Å². The molecule has 1 aromatic rings. The largest absolute Gasteiger partial charge is 0.488 e. The summed E-state index contributed by atoms with van der Waals surface area (Å²) in [4.78, 5) is 23.5. The Morgan fingerprint density at radius 1 is 0.931 bits per heavy atom. The summed E-state index contributed by atoms with van der Waals surface area (Å²) in [5.41, 5.74) is 0.629. The molecule has 1 N–H and O–H groups in total. The maximum Gasteiger partial charge on any atom is 0.305 e. The molecular weight excluding hydrogens is 368 g/mol. The van der Waals surface area contributed by atoms with Gasteiger partial charge in [0, 0.05) is 18.5 Å². The normalized spacial score (nSPS) is 11.2. The molecule has 1 rings (SSSR count). The van der Waals surface area contributed by atoms with Crippen LogP contribution >= 0.6 is 0 Å². The maximum atomic E-state index is 12.2. The fraction of sp³-hybridized carbons (Fsp3) is 0.652. The molecule has 0 aliphatic carbocycles. The number of esters is 1. The highest BCUT2D eigenvalue weighted by Crippen LogP contribution is 2.13. The number of amides is 1. The van der Waals surface area contributed by atoms with E-state index in [1.165, 1.54) is 0 Å². The van der Waals surface area contributed by atoms with Crippen LogP contribution in [0.3, 0.4) is 0 Å². The smallest absolute Gasteiger partial charge is 0.305 e. The van der Waals surface area contributed by atoms with Gasteiger partial charge >= 0.3 is 5.97 Å². The van der Waals surface area contributed by atoms with Crippen LogP contribution in [0.25, 0.3) is 0 Å². The molecule has 6 heteroatoms. The number of rotatable bonds is 15. The Hall–Kier alpha value is -2.08. The van der Waals surface area contributed by atoms with Gasteiger partial charge in [-0.05, 0) is 64.8 Å². The van der Waals surface area contributed by atoms with Crippen LogP contribution in [-0.2, 0) is 9.53 Å². The SMILES string of the molecule is CCOC(=O)CCCCCNC(=O)c1ccc(OCC[N+](CC)(CC)CC)cc1. The van der Waals surface area contributed by atoms with Crippen molar-refractivity contribution in [3.63, 3.8) is 0 Å². The Balaban J connectivity index is 2.29. The Morgan fingerprint density at radius 2 is 1.59 bits per heavy atom. The van der Waals surface area contributed by atoms with Gasteiger partial charge in [-0.15, -0.1) is 0 Å². The number of hydrogen-bond donors (Lipinski definition) is 1. The third-order valence-corrected chi connectivity index (χ3v) is 5.61. The molecule has 0 heterocycles. The zero-order valence-electron chi connectivity index (χ0n) is 18.7. The lowest BCUT2D eigenvalue weighted by Crippen LogP contribution is -2.49. The van der Waals surface area contributed by atoms with Gasteiger partial charge in [-0.1, -0.05) is 6.42 Å². The number of ether oxygens (including phenoxy) is 2. The standard InChI is InChI=1S/C23H38N2O4/c1-5-25(6-2,7-3)18-19-29-21-15-13-20(14-16-21)23(27)24-17-11-9-10-12-22(26)28-8-4/h13-16H,5-12,17-19H2,1-4H3/p+1. The van der Waals surface area contributed by atoms with Crippen molar-refractivity contribution >= 4 is 11.9 Å². The van der Waals surface area contributed by atoms with Gasteiger partial charge in [0.2, 0.25) is 0 Å². The van der Waals surface area contributed by atoms with E-state index in [0.29, 0.717) is 31.7 Å². The minimum atomic E-state index is -0.150. The summed E-state index contributed by atoms with van der Waals surface area (Å²) in [5, 5.41) is 2.92. The molecule has 0 saturated carbocycles. The molecule has 164 valence electrons. The van der Waals surface area contributed by atoms with Crippen LogP contribution in [0.15, 0.2) is 24.3 Å². The van der Waals surface area contributed by atoms with Gasteiger partial charge in [-0.3, -0.25) is 9.59 Å². The average Bonchev–Trinajstić information content (AvgIpc) is 2.74. The second-order valence-corrected chi connectivity index (χ2v) is 7.26. The fourth-order valence-corrected chi connectivity index (χ4v) is 3.31. The number of likely N-dealkylation sites (N-methyl/N-ethyl adjacent to an activating group) is 1. The van der Waals surface area contributed by atoms with Crippen molar-refractivity contribution in [2.75, 3.05) is 45.9 Å². The van der Waals surface area contributed by atoms with Crippen molar-refractivity contribution in [2.24, 2.45) is 0 Å².